The van der Waals surface area contributed by atoms with Crippen molar-refractivity contribution in [1.29, 1.82) is 0 Å². The highest BCUT2D eigenvalue weighted by Gasteiger charge is 2.67. The molecule has 1 aliphatic carbocycles. The fourth-order valence-electron chi connectivity index (χ4n) is 2.61. The van der Waals surface area contributed by atoms with Crippen LogP contribution in [0.4, 0.5) is 18.9 Å². The van der Waals surface area contributed by atoms with Crippen LogP contribution in [0, 0.1) is 0 Å². The zero-order valence-electron chi connectivity index (χ0n) is 9.22. The molecule has 1 aromatic rings. The Balaban J connectivity index is 1.88. The molecule has 1 saturated carbocycles. The zero-order valence-corrected chi connectivity index (χ0v) is 9.22. The molecule has 1 heterocycles. The molecule has 1 aliphatic heterocycles. The number of benzene rings is 1. The minimum absolute atomic E-state index is 0.222. The van der Waals surface area contributed by atoms with Crippen LogP contribution >= 0.6 is 0 Å². The molecule has 0 saturated heterocycles. The minimum atomic E-state index is -4.12. The molecule has 1 aromatic carbocycles. The van der Waals surface area contributed by atoms with E-state index in [1.807, 2.05) is 6.07 Å². The smallest absolute Gasteiger partial charge is 0.399 e. The molecule has 0 radical (unpaired) electrons. The van der Waals surface area contributed by atoms with Crippen molar-refractivity contribution in [2.75, 3.05) is 5.73 Å². The number of fused-ring (bicyclic) bond motifs is 1. The minimum Gasteiger partial charge on any atom is -0.399 e. The van der Waals surface area contributed by atoms with Crippen LogP contribution in [0.3, 0.4) is 0 Å². The van der Waals surface area contributed by atoms with Gasteiger partial charge in [0.15, 0.2) is 0 Å². The monoisotopic (exact) mass is 242 g/mol. The van der Waals surface area contributed by atoms with Crippen LogP contribution in [0.25, 0.3) is 0 Å². The van der Waals surface area contributed by atoms with Gasteiger partial charge in [-0.2, -0.15) is 13.2 Å². The van der Waals surface area contributed by atoms with E-state index in [-0.39, 0.29) is 12.8 Å². The third kappa shape index (κ3) is 1.52. The van der Waals surface area contributed by atoms with Gasteiger partial charge >= 0.3 is 6.18 Å². The van der Waals surface area contributed by atoms with Crippen LogP contribution in [0.2, 0.25) is 0 Å². The van der Waals surface area contributed by atoms with Gasteiger partial charge in [-0.25, -0.2) is 0 Å². The summed E-state index contributed by atoms with van der Waals surface area (Å²) in [6.07, 6.45) is -3.68. The van der Waals surface area contributed by atoms with Crippen molar-refractivity contribution in [1.82, 2.24) is 4.90 Å². The average molecular weight is 242 g/mol. The van der Waals surface area contributed by atoms with Gasteiger partial charge in [0.05, 0.1) is 0 Å². The molecular formula is C12H13F3N2. The van der Waals surface area contributed by atoms with Gasteiger partial charge in [-0.15, -0.1) is 0 Å². The molecule has 2 nitrogen and oxygen atoms in total. The van der Waals surface area contributed by atoms with Crippen LogP contribution in [-0.2, 0) is 13.1 Å². The first-order valence-electron chi connectivity index (χ1n) is 5.61. The van der Waals surface area contributed by atoms with Gasteiger partial charge in [0, 0.05) is 18.8 Å². The summed E-state index contributed by atoms with van der Waals surface area (Å²) in [7, 11) is 0. The van der Waals surface area contributed by atoms with E-state index in [1.54, 1.807) is 12.1 Å². The molecule has 17 heavy (non-hydrogen) atoms. The average Bonchev–Trinajstić information content (AvgIpc) is 2.94. The van der Waals surface area contributed by atoms with Crippen LogP contribution in [0.5, 0.6) is 0 Å². The van der Waals surface area contributed by atoms with Crippen molar-refractivity contribution in [3.05, 3.63) is 29.3 Å². The zero-order chi connectivity index (χ0) is 12.3. The lowest BCUT2D eigenvalue weighted by Crippen LogP contribution is -2.45. The van der Waals surface area contributed by atoms with Crippen molar-refractivity contribution < 1.29 is 13.2 Å². The summed E-state index contributed by atoms with van der Waals surface area (Å²) in [6, 6.07) is 5.36. The fourth-order valence-corrected chi connectivity index (χ4v) is 2.61. The summed E-state index contributed by atoms with van der Waals surface area (Å²) >= 11 is 0. The van der Waals surface area contributed by atoms with Gasteiger partial charge in [0.1, 0.15) is 5.54 Å². The molecule has 0 spiro atoms. The summed E-state index contributed by atoms with van der Waals surface area (Å²) in [6.45, 7) is 0.745. The first-order valence-corrected chi connectivity index (χ1v) is 5.61. The Kier molecular flexibility index (Phi) is 2.03. The maximum atomic E-state index is 13.0. The first-order chi connectivity index (χ1) is 7.92. The standard InChI is InChI=1S/C12H13F3N2/c13-12(14,15)11(3-4-11)17-6-8-1-2-10(16)5-9(8)7-17/h1-2,5H,3-4,6-7,16H2. The maximum Gasteiger partial charge on any atom is 0.406 e. The van der Waals surface area contributed by atoms with Crippen LogP contribution in [0.15, 0.2) is 18.2 Å². The molecule has 92 valence electrons. The highest BCUT2D eigenvalue weighted by Crippen LogP contribution is 2.55. The second-order valence-electron chi connectivity index (χ2n) is 4.91. The number of hydrogen-bond donors (Lipinski definition) is 1. The summed E-state index contributed by atoms with van der Waals surface area (Å²) in [4.78, 5) is 1.54. The molecule has 5 heteroatoms. The SMILES string of the molecule is Nc1ccc2c(c1)CN(C1(C(F)(F)F)CC1)C2. The quantitative estimate of drug-likeness (QED) is 0.767. The second kappa shape index (κ2) is 3.16. The fraction of sp³-hybridized carbons (Fsp3) is 0.500. The Hall–Kier alpha value is -1.23. The first kappa shape index (κ1) is 10.9. The number of nitrogen functional groups attached to an aromatic ring is 1. The molecular weight excluding hydrogens is 229 g/mol. The Morgan fingerprint density at radius 2 is 1.76 bits per heavy atom. The van der Waals surface area contributed by atoms with Gasteiger partial charge < -0.3 is 5.73 Å². The molecule has 0 amide bonds. The van der Waals surface area contributed by atoms with Gasteiger partial charge in [0.2, 0.25) is 0 Å². The second-order valence-corrected chi connectivity index (χ2v) is 4.91. The van der Waals surface area contributed by atoms with Crippen LogP contribution < -0.4 is 5.73 Å². The molecule has 2 aliphatic rings. The maximum absolute atomic E-state index is 13.0. The Labute approximate surface area is 97.2 Å². The lowest BCUT2D eigenvalue weighted by molar-refractivity contribution is -0.198. The van der Waals surface area contributed by atoms with Crippen molar-refractivity contribution in [2.24, 2.45) is 0 Å². The van der Waals surface area contributed by atoms with E-state index < -0.39 is 11.7 Å². The topological polar surface area (TPSA) is 29.3 Å². The largest absolute Gasteiger partial charge is 0.406 e. The van der Waals surface area contributed by atoms with Gasteiger partial charge in [-0.05, 0) is 36.1 Å². The number of nitrogens with zero attached hydrogens (tertiary/aromatic N) is 1. The van der Waals surface area contributed by atoms with Crippen LogP contribution in [-0.4, -0.2) is 16.6 Å². The van der Waals surface area contributed by atoms with Crippen molar-refractivity contribution in [2.45, 2.75) is 37.6 Å². The molecule has 0 atom stereocenters. The number of rotatable bonds is 1. The lowest BCUT2D eigenvalue weighted by atomic mass is 10.1. The van der Waals surface area contributed by atoms with Crippen molar-refractivity contribution in [3.8, 4) is 0 Å². The van der Waals surface area contributed by atoms with Crippen molar-refractivity contribution >= 4 is 5.69 Å². The van der Waals surface area contributed by atoms with E-state index in [0.29, 0.717) is 18.8 Å². The number of hydrogen-bond acceptors (Lipinski definition) is 2. The highest BCUT2D eigenvalue weighted by atomic mass is 19.4. The predicted octanol–water partition coefficient (Wildman–Crippen LogP) is 2.68. The number of nitrogens with two attached hydrogens (primary N) is 1. The molecule has 1 fully saturated rings. The predicted molar refractivity (Wildman–Crippen MR) is 58.1 cm³/mol. The normalized spacial score (nSPS) is 22.5. The Morgan fingerprint density at radius 3 is 2.35 bits per heavy atom. The van der Waals surface area contributed by atoms with Gasteiger partial charge in [0.25, 0.3) is 0 Å². The molecule has 2 N–H and O–H groups in total. The van der Waals surface area contributed by atoms with E-state index in [1.165, 1.54) is 4.90 Å². The van der Waals surface area contributed by atoms with E-state index >= 15 is 0 Å². The lowest BCUT2D eigenvalue weighted by Gasteiger charge is -2.29. The summed E-state index contributed by atoms with van der Waals surface area (Å²) < 4.78 is 39.0. The Bertz CT molecular complexity index is 463. The third-order valence-electron chi connectivity index (χ3n) is 3.81. The van der Waals surface area contributed by atoms with E-state index in [9.17, 15) is 13.2 Å². The van der Waals surface area contributed by atoms with E-state index in [4.69, 9.17) is 5.73 Å². The molecule has 0 aromatic heterocycles. The Morgan fingerprint density at radius 1 is 1.12 bits per heavy atom. The number of alkyl halides is 3. The summed E-state index contributed by atoms with van der Waals surface area (Å²) in [5, 5.41) is 0. The molecule has 3 rings (SSSR count). The molecule has 0 unspecified atom stereocenters. The van der Waals surface area contributed by atoms with Gasteiger partial charge in [-0.3, -0.25) is 4.90 Å². The van der Waals surface area contributed by atoms with Crippen molar-refractivity contribution in [3.63, 3.8) is 0 Å². The van der Waals surface area contributed by atoms with Gasteiger partial charge in [-0.1, -0.05) is 6.07 Å². The summed E-state index contributed by atoms with van der Waals surface area (Å²) in [5.41, 5.74) is 6.59. The highest BCUT2D eigenvalue weighted by molar-refractivity contribution is 5.46. The number of anilines is 1. The van der Waals surface area contributed by atoms with E-state index in [2.05, 4.69) is 0 Å². The third-order valence-corrected chi connectivity index (χ3v) is 3.81. The summed E-state index contributed by atoms with van der Waals surface area (Å²) in [5.74, 6) is 0. The van der Waals surface area contributed by atoms with E-state index in [0.717, 1.165) is 11.1 Å². The molecule has 0 bridgehead atoms. The number of halogens is 3. The van der Waals surface area contributed by atoms with Crippen LogP contribution in [0.1, 0.15) is 24.0 Å².